The number of benzene rings is 1. The monoisotopic (exact) mass is 261 g/mol. The van der Waals surface area contributed by atoms with Gasteiger partial charge < -0.3 is 10.5 Å². The van der Waals surface area contributed by atoms with Crippen LogP contribution in [0.4, 0.5) is 0 Å². The summed E-state index contributed by atoms with van der Waals surface area (Å²) in [5.41, 5.74) is 5.53. The summed E-state index contributed by atoms with van der Waals surface area (Å²) in [6.07, 6.45) is -0.151. The second-order valence-corrected chi connectivity index (χ2v) is 5.21. The van der Waals surface area contributed by atoms with Gasteiger partial charge in [0.25, 0.3) is 0 Å². The van der Waals surface area contributed by atoms with Crippen molar-refractivity contribution in [2.45, 2.75) is 17.9 Å². The first-order valence-electron chi connectivity index (χ1n) is 5.13. The van der Waals surface area contributed by atoms with Gasteiger partial charge in [-0.15, -0.1) is 0 Å². The van der Waals surface area contributed by atoms with Gasteiger partial charge in [-0.1, -0.05) is 11.6 Å². The number of hydrogen-bond acceptors (Lipinski definition) is 3. The molecule has 0 radical (unpaired) electrons. The van der Waals surface area contributed by atoms with Crippen molar-refractivity contribution in [3.8, 4) is 0 Å². The molecule has 2 N–H and O–H groups in total. The van der Waals surface area contributed by atoms with Gasteiger partial charge in [0.05, 0.1) is 22.7 Å². The van der Waals surface area contributed by atoms with Crippen LogP contribution in [0.15, 0.2) is 29.2 Å². The van der Waals surface area contributed by atoms with Gasteiger partial charge in [-0.05, 0) is 31.2 Å². The molecule has 0 aromatic heterocycles. The van der Waals surface area contributed by atoms with E-state index in [0.717, 1.165) is 4.90 Å². The Kier molecular flexibility index (Phi) is 5.98. The van der Waals surface area contributed by atoms with Gasteiger partial charge in [-0.25, -0.2) is 0 Å². The molecule has 0 spiro atoms. The highest BCUT2D eigenvalue weighted by atomic mass is 35.5. The lowest BCUT2D eigenvalue weighted by molar-refractivity contribution is 0.0852. The Hall–Kier alpha value is -0.420. The Morgan fingerprint density at radius 3 is 2.56 bits per heavy atom. The lowest BCUT2D eigenvalue weighted by Gasteiger charge is -2.14. The van der Waals surface area contributed by atoms with Crippen molar-refractivity contribution in [2.75, 3.05) is 18.9 Å². The Bertz CT molecular complexity index is 342. The Morgan fingerprint density at radius 2 is 2.06 bits per heavy atom. The predicted octanol–water partition coefficient (Wildman–Crippen LogP) is 1.81. The van der Waals surface area contributed by atoms with E-state index in [1.165, 1.54) is 0 Å². The van der Waals surface area contributed by atoms with E-state index in [1.807, 2.05) is 6.92 Å². The Labute approximate surface area is 103 Å². The maximum Gasteiger partial charge on any atom is 0.0815 e. The van der Waals surface area contributed by atoms with Crippen LogP contribution in [0.25, 0.3) is 0 Å². The van der Waals surface area contributed by atoms with E-state index >= 15 is 0 Å². The van der Waals surface area contributed by atoms with Gasteiger partial charge in [-0.2, -0.15) is 0 Å². The van der Waals surface area contributed by atoms with Crippen LogP contribution in [0, 0.1) is 0 Å². The minimum atomic E-state index is -1.09. The van der Waals surface area contributed by atoms with Crippen LogP contribution in [0.2, 0.25) is 5.02 Å². The SMILES string of the molecule is CCOC(CN)CS(=O)c1ccc(Cl)cc1. The van der Waals surface area contributed by atoms with E-state index in [1.54, 1.807) is 24.3 Å². The first-order valence-corrected chi connectivity index (χ1v) is 6.82. The number of nitrogens with two attached hydrogens (primary N) is 1. The maximum absolute atomic E-state index is 11.9. The molecule has 16 heavy (non-hydrogen) atoms. The molecule has 3 nitrogen and oxygen atoms in total. The number of ether oxygens (including phenoxy) is 1. The molecule has 1 aromatic rings. The highest BCUT2D eigenvalue weighted by molar-refractivity contribution is 7.85. The Balaban J connectivity index is 2.60. The predicted molar refractivity (Wildman–Crippen MR) is 67.2 cm³/mol. The summed E-state index contributed by atoms with van der Waals surface area (Å²) in [6.45, 7) is 2.86. The third kappa shape index (κ3) is 4.22. The van der Waals surface area contributed by atoms with E-state index in [2.05, 4.69) is 0 Å². The van der Waals surface area contributed by atoms with Crippen LogP contribution < -0.4 is 5.73 Å². The summed E-state index contributed by atoms with van der Waals surface area (Å²) in [4.78, 5) is 0.752. The van der Waals surface area contributed by atoms with Crippen LogP contribution in [0.3, 0.4) is 0 Å². The van der Waals surface area contributed by atoms with Crippen molar-refractivity contribution in [1.29, 1.82) is 0 Å². The molecule has 2 unspecified atom stereocenters. The zero-order valence-electron chi connectivity index (χ0n) is 9.19. The molecule has 0 saturated heterocycles. The first-order chi connectivity index (χ1) is 7.67. The molecule has 0 heterocycles. The normalized spacial score (nSPS) is 14.7. The lowest BCUT2D eigenvalue weighted by Crippen LogP contribution is -2.29. The fourth-order valence-corrected chi connectivity index (χ4v) is 2.60. The van der Waals surface area contributed by atoms with Gasteiger partial charge in [0.2, 0.25) is 0 Å². The summed E-state index contributed by atoms with van der Waals surface area (Å²) < 4.78 is 17.3. The molecule has 0 aliphatic rings. The highest BCUT2D eigenvalue weighted by Crippen LogP contribution is 2.13. The average molecular weight is 262 g/mol. The average Bonchev–Trinajstić information content (AvgIpc) is 2.29. The molecular weight excluding hydrogens is 246 g/mol. The second-order valence-electron chi connectivity index (χ2n) is 3.28. The minimum Gasteiger partial charge on any atom is -0.376 e. The molecule has 0 amide bonds. The molecule has 0 saturated carbocycles. The molecule has 1 rings (SSSR count). The van der Waals surface area contributed by atoms with Gasteiger partial charge in [0.1, 0.15) is 0 Å². The van der Waals surface area contributed by atoms with Crippen molar-refractivity contribution in [2.24, 2.45) is 5.73 Å². The summed E-state index contributed by atoms with van der Waals surface area (Å²) in [6, 6.07) is 6.98. The maximum atomic E-state index is 11.9. The van der Waals surface area contributed by atoms with Crippen LogP contribution in [0.1, 0.15) is 6.92 Å². The van der Waals surface area contributed by atoms with Crippen molar-refractivity contribution >= 4 is 22.4 Å². The van der Waals surface area contributed by atoms with Crippen molar-refractivity contribution in [3.05, 3.63) is 29.3 Å². The molecule has 1 aromatic carbocycles. The molecule has 0 fully saturated rings. The summed E-state index contributed by atoms with van der Waals surface area (Å²) in [5, 5.41) is 0.640. The first kappa shape index (κ1) is 13.6. The zero-order valence-corrected chi connectivity index (χ0v) is 10.8. The number of rotatable bonds is 6. The van der Waals surface area contributed by atoms with Crippen LogP contribution in [0.5, 0.6) is 0 Å². The third-order valence-corrected chi connectivity index (χ3v) is 3.80. The Morgan fingerprint density at radius 1 is 1.44 bits per heavy atom. The second kappa shape index (κ2) is 7.01. The van der Waals surface area contributed by atoms with E-state index < -0.39 is 10.8 Å². The van der Waals surface area contributed by atoms with Crippen LogP contribution in [-0.4, -0.2) is 29.2 Å². The van der Waals surface area contributed by atoms with E-state index in [0.29, 0.717) is 23.9 Å². The largest absolute Gasteiger partial charge is 0.376 e. The standard InChI is InChI=1S/C11H16ClNO2S/c1-2-15-10(7-13)8-16(14)11-5-3-9(12)4-6-11/h3-6,10H,2,7-8,13H2,1H3. The lowest BCUT2D eigenvalue weighted by atomic mass is 10.4. The number of hydrogen-bond donors (Lipinski definition) is 1. The molecule has 5 heteroatoms. The van der Waals surface area contributed by atoms with E-state index in [-0.39, 0.29) is 6.10 Å². The molecule has 90 valence electrons. The quantitative estimate of drug-likeness (QED) is 0.850. The minimum absolute atomic E-state index is 0.151. The van der Waals surface area contributed by atoms with Crippen molar-refractivity contribution in [3.63, 3.8) is 0 Å². The zero-order chi connectivity index (χ0) is 12.0. The highest BCUT2D eigenvalue weighted by Gasteiger charge is 2.12. The van der Waals surface area contributed by atoms with Gasteiger partial charge in [-0.3, -0.25) is 4.21 Å². The topological polar surface area (TPSA) is 52.3 Å². The van der Waals surface area contributed by atoms with Crippen molar-refractivity contribution < 1.29 is 8.95 Å². The number of halogens is 1. The van der Waals surface area contributed by atoms with E-state index in [4.69, 9.17) is 22.1 Å². The van der Waals surface area contributed by atoms with Gasteiger partial charge in [0.15, 0.2) is 0 Å². The van der Waals surface area contributed by atoms with Crippen LogP contribution >= 0.6 is 11.6 Å². The molecular formula is C11H16ClNO2S. The van der Waals surface area contributed by atoms with Crippen molar-refractivity contribution in [1.82, 2.24) is 0 Å². The third-order valence-electron chi connectivity index (χ3n) is 2.08. The fraction of sp³-hybridized carbons (Fsp3) is 0.455. The molecule has 0 aliphatic carbocycles. The summed E-state index contributed by atoms with van der Waals surface area (Å²) in [7, 11) is -1.09. The molecule has 2 atom stereocenters. The molecule has 0 bridgehead atoms. The van der Waals surface area contributed by atoms with Gasteiger partial charge in [0, 0.05) is 23.1 Å². The fourth-order valence-electron chi connectivity index (χ4n) is 1.27. The van der Waals surface area contributed by atoms with Crippen LogP contribution in [-0.2, 0) is 15.5 Å². The van der Waals surface area contributed by atoms with Gasteiger partial charge >= 0.3 is 0 Å². The molecule has 0 aliphatic heterocycles. The summed E-state index contributed by atoms with van der Waals surface area (Å²) in [5.74, 6) is 0.423. The van der Waals surface area contributed by atoms with E-state index in [9.17, 15) is 4.21 Å². The smallest absolute Gasteiger partial charge is 0.0815 e. The summed E-state index contributed by atoms with van der Waals surface area (Å²) >= 11 is 5.76.